The molecule has 0 aliphatic rings. The van der Waals surface area contributed by atoms with Crippen LogP contribution in [0.3, 0.4) is 0 Å². The van der Waals surface area contributed by atoms with Gasteiger partial charge >= 0.3 is 12.4 Å². The molecule has 2 aromatic carbocycles. The second-order valence-electron chi connectivity index (χ2n) is 5.69. The van der Waals surface area contributed by atoms with Crippen LogP contribution in [0, 0.1) is 0 Å². The molecule has 28 heavy (non-hydrogen) atoms. The average molecular weight is 426 g/mol. The number of methoxy groups -OCH3 is 1. The predicted octanol–water partition coefficient (Wildman–Crippen LogP) is 4.37. The monoisotopic (exact) mass is 426 g/mol. The van der Waals surface area contributed by atoms with E-state index in [-0.39, 0.29) is 6.07 Å². The molecule has 0 unspecified atom stereocenters. The fourth-order valence-electron chi connectivity index (χ4n) is 2.50. The summed E-state index contributed by atoms with van der Waals surface area (Å²) in [5, 5.41) is 0. The number of carbonyl (C=O) groups excluding carboxylic acids is 1. The number of ketones is 1. The summed E-state index contributed by atoms with van der Waals surface area (Å²) in [6.45, 7) is 0. The van der Waals surface area contributed by atoms with Crippen LogP contribution in [0.4, 0.5) is 26.3 Å². The van der Waals surface area contributed by atoms with Crippen LogP contribution >= 0.6 is 0 Å². The smallest absolute Gasteiger partial charge is 0.419 e. The van der Waals surface area contributed by atoms with Gasteiger partial charge in [-0.3, -0.25) is 4.79 Å². The number of hydrogen-bond acceptors (Lipinski definition) is 4. The van der Waals surface area contributed by atoms with Crippen LogP contribution in [0.2, 0.25) is 0 Å². The van der Waals surface area contributed by atoms with Crippen LogP contribution in [0.25, 0.3) is 0 Å². The Morgan fingerprint density at radius 3 is 2.00 bits per heavy atom. The van der Waals surface area contributed by atoms with Gasteiger partial charge in [0.1, 0.15) is 5.75 Å². The number of halogens is 6. The third-order valence-corrected chi connectivity index (χ3v) is 4.86. The van der Waals surface area contributed by atoms with Gasteiger partial charge in [0.05, 0.1) is 28.7 Å². The van der Waals surface area contributed by atoms with E-state index in [0.717, 1.165) is 19.2 Å². The molecule has 4 nitrogen and oxygen atoms in total. The Kier molecular flexibility index (Phi) is 5.52. The summed E-state index contributed by atoms with van der Waals surface area (Å²) in [4.78, 5) is 11.8. The molecule has 2 rings (SSSR count). The summed E-state index contributed by atoms with van der Waals surface area (Å²) in [7, 11) is -3.43. The van der Waals surface area contributed by atoms with Crippen molar-refractivity contribution in [2.24, 2.45) is 0 Å². The van der Waals surface area contributed by atoms with Gasteiger partial charge in [0.25, 0.3) is 0 Å². The molecule has 0 amide bonds. The fraction of sp³-hybridized carbons (Fsp3) is 0.235. The minimum absolute atomic E-state index is 0.267. The second-order valence-corrected chi connectivity index (χ2v) is 7.68. The van der Waals surface area contributed by atoms with Gasteiger partial charge in [-0.05, 0) is 30.3 Å². The van der Waals surface area contributed by atoms with Gasteiger partial charge < -0.3 is 4.74 Å². The van der Waals surface area contributed by atoms with E-state index in [2.05, 4.69) is 4.74 Å². The van der Waals surface area contributed by atoms with Gasteiger partial charge in [-0.25, -0.2) is 8.42 Å². The topological polar surface area (TPSA) is 60.4 Å². The van der Waals surface area contributed by atoms with E-state index in [1.165, 1.54) is 0 Å². The maximum atomic E-state index is 13.1. The first-order valence-electron chi connectivity index (χ1n) is 7.38. The number of hydrogen-bond donors (Lipinski definition) is 0. The van der Waals surface area contributed by atoms with Crippen LogP contribution in [0.5, 0.6) is 5.75 Å². The Hall–Kier alpha value is -2.56. The minimum atomic E-state index is -4.88. The normalized spacial score (nSPS) is 12.7. The van der Waals surface area contributed by atoms with Crippen molar-refractivity contribution in [2.75, 3.05) is 13.4 Å². The zero-order valence-corrected chi connectivity index (χ0v) is 15.1. The zero-order chi connectivity index (χ0) is 21.5. The highest BCUT2D eigenvalue weighted by Gasteiger charge is 2.37. The molecule has 0 atom stereocenters. The zero-order valence-electron chi connectivity index (χ0n) is 14.3. The number of rotatable bonds is 4. The SMILES string of the molecule is COc1c(C(=O)c2ccc(C(F)(F)F)cc2S(C)(=O)=O)cccc1C(F)(F)F. The summed E-state index contributed by atoms with van der Waals surface area (Å²) in [6.07, 6.45) is -9.17. The third kappa shape index (κ3) is 4.29. The van der Waals surface area contributed by atoms with Crippen LogP contribution in [0.1, 0.15) is 27.0 Å². The Morgan fingerprint density at radius 2 is 1.54 bits per heavy atom. The van der Waals surface area contributed by atoms with Gasteiger partial charge in [0.15, 0.2) is 15.6 Å². The minimum Gasteiger partial charge on any atom is -0.495 e. The van der Waals surface area contributed by atoms with E-state index in [4.69, 9.17) is 0 Å². The van der Waals surface area contributed by atoms with Crippen molar-refractivity contribution >= 4 is 15.6 Å². The summed E-state index contributed by atoms with van der Waals surface area (Å²) >= 11 is 0. The predicted molar refractivity (Wildman–Crippen MR) is 86.0 cm³/mol. The van der Waals surface area contributed by atoms with Crippen LogP contribution in [-0.4, -0.2) is 27.6 Å². The van der Waals surface area contributed by atoms with Crippen molar-refractivity contribution in [1.82, 2.24) is 0 Å². The van der Waals surface area contributed by atoms with Crippen molar-refractivity contribution in [1.29, 1.82) is 0 Å². The van der Waals surface area contributed by atoms with Crippen molar-refractivity contribution in [3.63, 3.8) is 0 Å². The van der Waals surface area contributed by atoms with Gasteiger partial charge in [0.2, 0.25) is 0 Å². The molecule has 0 N–H and O–H groups in total. The number of alkyl halides is 6. The van der Waals surface area contributed by atoms with Gasteiger partial charge in [-0.15, -0.1) is 0 Å². The van der Waals surface area contributed by atoms with Crippen molar-refractivity contribution in [3.8, 4) is 5.75 Å². The molecule has 0 heterocycles. The van der Waals surface area contributed by atoms with E-state index >= 15 is 0 Å². The Bertz CT molecular complexity index is 1020. The van der Waals surface area contributed by atoms with Gasteiger partial charge in [-0.2, -0.15) is 26.3 Å². The highest BCUT2D eigenvalue weighted by molar-refractivity contribution is 7.90. The molecule has 0 saturated heterocycles. The third-order valence-electron chi connectivity index (χ3n) is 3.72. The van der Waals surface area contributed by atoms with Crippen molar-refractivity contribution in [2.45, 2.75) is 17.2 Å². The lowest BCUT2D eigenvalue weighted by atomic mass is 9.98. The largest absolute Gasteiger partial charge is 0.495 e. The van der Waals surface area contributed by atoms with E-state index in [9.17, 15) is 39.6 Å². The molecule has 0 aliphatic carbocycles. The summed E-state index contributed by atoms with van der Waals surface area (Å²) < 4.78 is 107. The molecule has 0 aromatic heterocycles. The Balaban J connectivity index is 2.75. The molecule has 11 heteroatoms. The number of para-hydroxylation sites is 1. The van der Waals surface area contributed by atoms with Crippen LogP contribution in [0.15, 0.2) is 41.3 Å². The van der Waals surface area contributed by atoms with Crippen molar-refractivity contribution < 1.29 is 44.3 Å². The maximum Gasteiger partial charge on any atom is 0.419 e. The molecular formula is C17H12F6O4S. The molecule has 152 valence electrons. The average Bonchev–Trinajstić information content (AvgIpc) is 2.57. The number of carbonyl (C=O) groups is 1. The number of sulfone groups is 1. The Labute approximate surface area is 155 Å². The molecule has 2 aromatic rings. The molecule has 0 bridgehead atoms. The second kappa shape index (κ2) is 7.12. The number of ether oxygens (including phenoxy) is 1. The standard InChI is InChI=1S/C17H12F6O4S/c1-27-15-11(4-3-5-12(15)17(21,22)23)14(24)10-7-6-9(16(18,19)20)8-13(10)28(2,25)26/h3-8H,1-2H3. The lowest BCUT2D eigenvalue weighted by molar-refractivity contribution is -0.139. The molecule has 0 radical (unpaired) electrons. The molecule has 0 saturated carbocycles. The van der Waals surface area contributed by atoms with Crippen molar-refractivity contribution in [3.05, 3.63) is 58.7 Å². The van der Waals surface area contributed by atoms with Crippen LogP contribution < -0.4 is 4.74 Å². The number of benzene rings is 2. The molecule has 0 spiro atoms. The first kappa shape index (κ1) is 21.7. The van der Waals surface area contributed by atoms with E-state index < -0.39 is 60.9 Å². The fourth-order valence-corrected chi connectivity index (χ4v) is 3.40. The molecular weight excluding hydrogens is 414 g/mol. The first-order valence-corrected chi connectivity index (χ1v) is 9.27. The quantitative estimate of drug-likeness (QED) is 0.538. The highest BCUT2D eigenvalue weighted by Crippen LogP contribution is 2.39. The summed E-state index contributed by atoms with van der Waals surface area (Å²) in [5.41, 5.74) is -3.94. The van der Waals surface area contributed by atoms with Crippen LogP contribution in [-0.2, 0) is 22.2 Å². The van der Waals surface area contributed by atoms with E-state index in [0.29, 0.717) is 24.5 Å². The lowest BCUT2D eigenvalue weighted by Crippen LogP contribution is -2.15. The maximum absolute atomic E-state index is 13.1. The highest BCUT2D eigenvalue weighted by atomic mass is 32.2. The van der Waals surface area contributed by atoms with E-state index in [1.54, 1.807) is 0 Å². The van der Waals surface area contributed by atoms with Gasteiger partial charge in [0, 0.05) is 11.8 Å². The first-order chi connectivity index (χ1) is 12.7. The van der Waals surface area contributed by atoms with E-state index in [1.807, 2.05) is 0 Å². The molecule has 0 aliphatic heterocycles. The summed E-state index contributed by atoms with van der Waals surface area (Å²) in [5.74, 6) is -2.09. The Morgan fingerprint density at radius 1 is 0.929 bits per heavy atom. The summed E-state index contributed by atoms with van der Waals surface area (Å²) in [6, 6.07) is 3.87. The molecule has 0 fully saturated rings. The lowest BCUT2D eigenvalue weighted by Gasteiger charge is -2.16. The van der Waals surface area contributed by atoms with Gasteiger partial charge in [-0.1, -0.05) is 6.07 Å².